The molecule has 24 heavy (non-hydrogen) atoms. The minimum atomic E-state index is -0.898. The molecule has 0 amide bonds. The smallest absolute Gasteiger partial charge is 0.0448 e. The molecule has 0 aliphatic rings. The van der Waals surface area contributed by atoms with E-state index in [1.807, 2.05) is 30.3 Å². The van der Waals surface area contributed by atoms with E-state index in [-0.39, 0.29) is 12.1 Å². The third-order valence-corrected chi connectivity index (χ3v) is 4.56. The maximum absolute atomic E-state index is 11.3. The summed E-state index contributed by atoms with van der Waals surface area (Å²) in [7, 11) is 0. The Kier molecular flexibility index (Phi) is 14.3. The lowest BCUT2D eigenvalue weighted by Crippen LogP contribution is -2.32. The quantitative estimate of drug-likeness (QED) is 0.469. The molecule has 0 saturated heterocycles. The van der Waals surface area contributed by atoms with Crippen LogP contribution in [0.2, 0.25) is 0 Å². The van der Waals surface area contributed by atoms with Crippen molar-refractivity contribution in [3.8, 4) is 0 Å². The number of carboxylic acid groups (broad SMARTS) is 1. The van der Waals surface area contributed by atoms with Crippen molar-refractivity contribution in [3.63, 3.8) is 0 Å². The highest BCUT2D eigenvalue weighted by molar-refractivity contribution is 5.68. The topological polar surface area (TPSA) is 76.6 Å². The van der Waals surface area contributed by atoms with Gasteiger partial charge in [0.05, 0.1) is 0 Å². The van der Waals surface area contributed by atoms with Crippen LogP contribution in [0.15, 0.2) is 30.3 Å². The number of quaternary nitrogens is 1. The van der Waals surface area contributed by atoms with Crippen LogP contribution < -0.4 is 11.3 Å². The largest absolute Gasteiger partial charge is 0.550 e. The molecule has 0 fully saturated rings. The summed E-state index contributed by atoms with van der Waals surface area (Å²) in [6.45, 7) is 2.25. The van der Waals surface area contributed by atoms with Crippen LogP contribution in [-0.4, -0.2) is 5.97 Å². The maximum atomic E-state index is 11.3. The number of carbonyl (C=O) groups excluding carboxylic acids is 1. The number of carbonyl (C=O) groups is 1. The van der Waals surface area contributed by atoms with Crippen molar-refractivity contribution < 1.29 is 9.90 Å². The highest BCUT2D eigenvalue weighted by atomic mass is 16.4. The molecule has 0 radical (unpaired) electrons. The Balaban J connectivity index is 0.00000529. The lowest BCUT2D eigenvalue weighted by Gasteiger charge is -2.18. The summed E-state index contributed by atoms with van der Waals surface area (Å²) >= 11 is 0. The van der Waals surface area contributed by atoms with Gasteiger partial charge >= 0.3 is 0 Å². The van der Waals surface area contributed by atoms with Crippen molar-refractivity contribution in [2.75, 3.05) is 0 Å². The minimum absolute atomic E-state index is 0. The lowest BCUT2D eigenvalue weighted by molar-refractivity contribution is -0.311. The molecule has 0 bridgehead atoms. The molecule has 0 spiro atoms. The number of hydrogen-bond donors (Lipinski definition) is 1. The zero-order chi connectivity index (χ0) is 16.8. The summed E-state index contributed by atoms with van der Waals surface area (Å²) in [4.78, 5) is 11.3. The monoisotopic (exact) mass is 335 g/mol. The van der Waals surface area contributed by atoms with Crippen LogP contribution in [0.4, 0.5) is 0 Å². The van der Waals surface area contributed by atoms with Gasteiger partial charge in [-0.1, -0.05) is 101 Å². The molecule has 3 nitrogen and oxygen atoms in total. The number of benzene rings is 1. The van der Waals surface area contributed by atoms with Crippen LogP contribution in [-0.2, 0) is 11.2 Å². The van der Waals surface area contributed by atoms with E-state index >= 15 is 0 Å². The predicted octanol–water partition coefficient (Wildman–Crippen LogP) is 5.28. The van der Waals surface area contributed by atoms with Crippen LogP contribution >= 0.6 is 0 Å². The summed E-state index contributed by atoms with van der Waals surface area (Å²) in [5, 5.41) is 11.3. The van der Waals surface area contributed by atoms with Crippen molar-refractivity contribution in [1.82, 2.24) is 6.15 Å². The first-order valence-corrected chi connectivity index (χ1v) is 9.48. The fourth-order valence-corrected chi connectivity index (χ4v) is 3.08. The summed E-state index contributed by atoms with van der Waals surface area (Å²) < 4.78 is 0. The second-order valence-electron chi connectivity index (χ2n) is 6.68. The fraction of sp³-hybridized carbons (Fsp3) is 0.667. The standard InChI is InChI=1S/C21H34O2.H3N/c1-2-3-4-5-6-7-8-9-10-14-17-20(21(22)23)18-19-15-12-11-13-16-19;/h11-13,15-16,20H,2-10,14,17-18H2,1H3,(H,22,23);1H3/t20-;/m0./s1. The van der Waals surface area contributed by atoms with E-state index in [4.69, 9.17) is 0 Å². The molecule has 1 aromatic carbocycles. The fourth-order valence-electron chi connectivity index (χ4n) is 3.08. The van der Waals surface area contributed by atoms with Gasteiger partial charge in [-0.3, -0.25) is 0 Å². The summed E-state index contributed by atoms with van der Waals surface area (Å²) in [5.74, 6) is -1.24. The Hall–Kier alpha value is -1.35. The van der Waals surface area contributed by atoms with Crippen molar-refractivity contribution in [3.05, 3.63) is 35.9 Å². The van der Waals surface area contributed by atoms with Crippen LogP contribution in [0.5, 0.6) is 0 Å². The van der Waals surface area contributed by atoms with Gasteiger partial charge in [-0.05, 0) is 18.4 Å². The molecule has 0 aromatic heterocycles. The number of unbranched alkanes of at least 4 members (excludes halogenated alkanes) is 9. The van der Waals surface area contributed by atoms with Crippen molar-refractivity contribution in [2.45, 2.75) is 84.0 Å². The molecular formula is C21H37NO2. The summed E-state index contributed by atoms with van der Waals surface area (Å²) in [6, 6.07) is 9.87. The molecule has 0 aliphatic heterocycles. The SMILES string of the molecule is CCCCCCCCCCCC[C@@H](Cc1ccccc1)C(=O)[O-].[NH4+]. The third-order valence-electron chi connectivity index (χ3n) is 4.56. The Labute approximate surface area is 148 Å². The Bertz CT molecular complexity index is 406. The molecule has 1 rings (SSSR count). The van der Waals surface area contributed by atoms with Gasteiger partial charge in [-0.15, -0.1) is 0 Å². The summed E-state index contributed by atoms with van der Waals surface area (Å²) in [5.41, 5.74) is 1.09. The van der Waals surface area contributed by atoms with Gasteiger partial charge in [0.15, 0.2) is 0 Å². The van der Waals surface area contributed by atoms with Gasteiger partial charge in [0.1, 0.15) is 0 Å². The highest BCUT2D eigenvalue weighted by Crippen LogP contribution is 2.17. The molecule has 3 heteroatoms. The average molecular weight is 336 g/mol. The molecule has 0 heterocycles. The Morgan fingerprint density at radius 3 is 1.88 bits per heavy atom. The van der Waals surface area contributed by atoms with Gasteiger partial charge < -0.3 is 16.1 Å². The van der Waals surface area contributed by atoms with E-state index in [0.717, 1.165) is 24.8 Å². The maximum Gasteiger partial charge on any atom is 0.0448 e. The number of hydrogen-bond acceptors (Lipinski definition) is 2. The van der Waals surface area contributed by atoms with Gasteiger partial charge in [0, 0.05) is 11.9 Å². The number of aliphatic carboxylic acids is 1. The van der Waals surface area contributed by atoms with E-state index < -0.39 is 5.97 Å². The van der Waals surface area contributed by atoms with E-state index in [9.17, 15) is 9.90 Å². The molecule has 0 saturated carbocycles. The average Bonchev–Trinajstić information content (AvgIpc) is 2.56. The first kappa shape index (κ1) is 22.6. The zero-order valence-electron chi connectivity index (χ0n) is 15.8. The van der Waals surface area contributed by atoms with Gasteiger partial charge in [-0.2, -0.15) is 0 Å². The second kappa shape index (κ2) is 15.2. The van der Waals surface area contributed by atoms with Crippen LogP contribution in [0.1, 0.15) is 83.1 Å². The third kappa shape index (κ3) is 11.2. The highest BCUT2D eigenvalue weighted by Gasteiger charge is 2.10. The van der Waals surface area contributed by atoms with E-state index in [0.29, 0.717) is 6.42 Å². The van der Waals surface area contributed by atoms with Crippen molar-refractivity contribution >= 4 is 5.97 Å². The van der Waals surface area contributed by atoms with Crippen LogP contribution in [0.3, 0.4) is 0 Å². The van der Waals surface area contributed by atoms with E-state index in [1.54, 1.807) is 0 Å². The molecule has 0 unspecified atom stereocenters. The van der Waals surface area contributed by atoms with Crippen LogP contribution in [0.25, 0.3) is 0 Å². The van der Waals surface area contributed by atoms with E-state index in [1.165, 1.54) is 51.4 Å². The first-order valence-electron chi connectivity index (χ1n) is 9.48. The van der Waals surface area contributed by atoms with Gasteiger partial charge in [0.25, 0.3) is 0 Å². The Morgan fingerprint density at radius 1 is 0.875 bits per heavy atom. The number of rotatable bonds is 14. The molecular weight excluding hydrogens is 298 g/mol. The molecule has 0 aliphatic carbocycles. The van der Waals surface area contributed by atoms with Crippen molar-refractivity contribution in [1.29, 1.82) is 0 Å². The van der Waals surface area contributed by atoms with E-state index in [2.05, 4.69) is 6.92 Å². The minimum Gasteiger partial charge on any atom is -0.550 e. The van der Waals surface area contributed by atoms with Gasteiger partial charge in [0.2, 0.25) is 0 Å². The van der Waals surface area contributed by atoms with Crippen LogP contribution in [0, 0.1) is 5.92 Å². The molecule has 4 N–H and O–H groups in total. The number of carboxylic acids is 1. The lowest BCUT2D eigenvalue weighted by atomic mass is 9.93. The Morgan fingerprint density at radius 2 is 1.38 bits per heavy atom. The zero-order valence-corrected chi connectivity index (χ0v) is 15.8. The van der Waals surface area contributed by atoms with Gasteiger partial charge in [-0.25, -0.2) is 0 Å². The summed E-state index contributed by atoms with van der Waals surface area (Å²) in [6.07, 6.45) is 14.1. The molecule has 1 aromatic rings. The second-order valence-corrected chi connectivity index (χ2v) is 6.68. The normalized spacial score (nSPS) is 11.7. The first-order chi connectivity index (χ1) is 11.2. The molecule has 1 atom stereocenters. The predicted molar refractivity (Wildman–Crippen MR) is 101 cm³/mol. The van der Waals surface area contributed by atoms with Crippen molar-refractivity contribution in [2.24, 2.45) is 5.92 Å². The molecule has 138 valence electrons.